The Morgan fingerprint density at radius 1 is 1.22 bits per heavy atom. The highest BCUT2D eigenvalue weighted by Gasteiger charge is 2.46. The number of amides is 4. The highest BCUT2D eigenvalue weighted by Crippen LogP contribution is 2.37. The van der Waals surface area contributed by atoms with Crippen molar-refractivity contribution in [1.82, 2.24) is 20.4 Å². The maximum Gasteiger partial charge on any atom is 0.322 e. The molecule has 0 fully saturated rings. The van der Waals surface area contributed by atoms with E-state index in [9.17, 15) is 14.4 Å². The number of urea groups is 1. The zero-order valence-corrected chi connectivity index (χ0v) is 20.7. The lowest BCUT2D eigenvalue weighted by Crippen LogP contribution is -2.50. The van der Waals surface area contributed by atoms with Gasteiger partial charge in [-0.1, -0.05) is 66.2 Å². The van der Waals surface area contributed by atoms with Crippen LogP contribution in [0.3, 0.4) is 0 Å². The molecular formula is C28H32N4O4. The SMILES string of the molecule is C=CCN1C(=O)N[C@@H](c2cccc(C)c2)C2=C1CN([C@@H](Cc1ccccc1)C(=O)NCCOC)C2=O. The van der Waals surface area contributed by atoms with Gasteiger partial charge in [-0.3, -0.25) is 14.5 Å². The topological polar surface area (TPSA) is 91.0 Å². The maximum atomic E-state index is 14.0. The Kier molecular flexibility index (Phi) is 7.85. The Balaban J connectivity index is 1.71. The summed E-state index contributed by atoms with van der Waals surface area (Å²) in [5, 5.41) is 5.88. The zero-order valence-electron chi connectivity index (χ0n) is 20.7. The van der Waals surface area contributed by atoms with Crippen LogP contribution in [-0.2, 0) is 20.7 Å². The number of benzene rings is 2. The summed E-state index contributed by atoms with van der Waals surface area (Å²) in [5.41, 5.74) is 3.89. The molecule has 0 aliphatic carbocycles. The summed E-state index contributed by atoms with van der Waals surface area (Å²) in [6.07, 6.45) is 1.98. The summed E-state index contributed by atoms with van der Waals surface area (Å²) < 4.78 is 5.07. The molecule has 2 atom stereocenters. The fourth-order valence-corrected chi connectivity index (χ4v) is 4.76. The van der Waals surface area contributed by atoms with Gasteiger partial charge < -0.3 is 20.3 Å². The molecule has 0 bridgehead atoms. The van der Waals surface area contributed by atoms with Crippen molar-refractivity contribution in [3.63, 3.8) is 0 Å². The molecule has 0 aromatic heterocycles. The molecule has 8 nitrogen and oxygen atoms in total. The molecule has 2 aliphatic rings. The highest BCUT2D eigenvalue weighted by molar-refractivity contribution is 6.03. The van der Waals surface area contributed by atoms with Crippen molar-refractivity contribution in [3.8, 4) is 0 Å². The average Bonchev–Trinajstić information content (AvgIpc) is 3.21. The summed E-state index contributed by atoms with van der Waals surface area (Å²) >= 11 is 0. The molecule has 2 N–H and O–H groups in total. The van der Waals surface area contributed by atoms with E-state index < -0.39 is 12.1 Å². The average molecular weight is 489 g/mol. The van der Waals surface area contributed by atoms with Crippen molar-refractivity contribution in [2.75, 3.05) is 33.4 Å². The second kappa shape index (κ2) is 11.2. The lowest BCUT2D eigenvalue weighted by Gasteiger charge is -2.33. The van der Waals surface area contributed by atoms with Crippen molar-refractivity contribution in [2.45, 2.75) is 25.4 Å². The van der Waals surface area contributed by atoms with E-state index in [1.807, 2.05) is 61.5 Å². The summed E-state index contributed by atoms with van der Waals surface area (Å²) in [4.78, 5) is 43.5. The zero-order chi connectivity index (χ0) is 25.7. The van der Waals surface area contributed by atoms with E-state index in [2.05, 4.69) is 17.2 Å². The molecule has 2 aromatic carbocycles. The first kappa shape index (κ1) is 25.2. The molecule has 4 amide bonds. The van der Waals surface area contributed by atoms with Gasteiger partial charge >= 0.3 is 6.03 Å². The number of carbonyl (C=O) groups is 3. The minimum atomic E-state index is -0.749. The Bertz CT molecular complexity index is 1180. The number of nitrogens with one attached hydrogen (secondary N) is 2. The number of carbonyl (C=O) groups excluding carboxylic acids is 3. The number of nitrogens with zero attached hydrogens (tertiary/aromatic N) is 2. The van der Waals surface area contributed by atoms with Gasteiger partial charge in [-0.15, -0.1) is 6.58 Å². The predicted octanol–water partition coefficient (Wildman–Crippen LogP) is 2.72. The molecule has 2 heterocycles. The van der Waals surface area contributed by atoms with Gasteiger partial charge in [-0.2, -0.15) is 0 Å². The van der Waals surface area contributed by atoms with Crippen LogP contribution < -0.4 is 10.6 Å². The van der Waals surface area contributed by atoms with Crippen LogP contribution in [0.2, 0.25) is 0 Å². The number of ether oxygens (including phenoxy) is 1. The van der Waals surface area contributed by atoms with Crippen molar-refractivity contribution in [3.05, 3.63) is 95.2 Å². The van der Waals surface area contributed by atoms with E-state index in [1.165, 1.54) is 4.90 Å². The number of rotatable bonds is 10. The fraction of sp³-hybridized carbons (Fsp3) is 0.321. The molecule has 0 saturated heterocycles. The summed E-state index contributed by atoms with van der Waals surface area (Å²) in [7, 11) is 1.57. The second-order valence-electron chi connectivity index (χ2n) is 8.98. The Morgan fingerprint density at radius 3 is 2.69 bits per heavy atom. The van der Waals surface area contributed by atoms with Crippen molar-refractivity contribution in [2.24, 2.45) is 0 Å². The van der Waals surface area contributed by atoms with Crippen molar-refractivity contribution in [1.29, 1.82) is 0 Å². The number of hydrogen-bond acceptors (Lipinski definition) is 4. The Morgan fingerprint density at radius 2 is 2.00 bits per heavy atom. The van der Waals surface area contributed by atoms with E-state index in [1.54, 1.807) is 18.1 Å². The maximum absolute atomic E-state index is 14.0. The molecule has 0 radical (unpaired) electrons. The van der Waals surface area contributed by atoms with Crippen molar-refractivity contribution < 1.29 is 19.1 Å². The Labute approximate surface area is 211 Å². The van der Waals surface area contributed by atoms with Crippen LogP contribution in [0.15, 0.2) is 78.5 Å². The predicted molar refractivity (Wildman–Crippen MR) is 137 cm³/mol. The molecule has 2 aromatic rings. The molecule has 188 valence electrons. The summed E-state index contributed by atoms with van der Waals surface area (Å²) in [6, 6.07) is 15.7. The van der Waals surface area contributed by atoms with E-state index in [0.717, 1.165) is 16.7 Å². The standard InChI is InChI=1S/C28H32N4O4/c1-4-14-31-23-18-32(22(26(33)29-13-15-36-3)17-20-10-6-5-7-11-20)27(34)24(23)25(30-28(31)35)21-12-8-9-19(2)16-21/h4-12,16,22,25H,1,13-15,17-18H2,2-3H3,(H,29,33)(H,30,35)/t22-,25-/m0/s1. The van der Waals surface area contributed by atoms with Gasteiger partial charge in [0.2, 0.25) is 5.91 Å². The second-order valence-corrected chi connectivity index (χ2v) is 8.98. The van der Waals surface area contributed by atoms with Crippen LogP contribution in [0.4, 0.5) is 4.79 Å². The summed E-state index contributed by atoms with van der Waals surface area (Å²) in [6.45, 7) is 6.87. The molecule has 0 saturated carbocycles. The van der Waals surface area contributed by atoms with E-state index >= 15 is 0 Å². The number of methoxy groups -OCH3 is 1. The van der Waals surface area contributed by atoms with Gasteiger partial charge in [0.1, 0.15) is 6.04 Å². The molecular weight excluding hydrogens is 456 g/mol. The van der Waals surface area contributed by atoms with Crippen LogP contribution in [0.5, 0.6) is 0 Å². The van der Waals surface area contributed by atoms with Crippen LogP contribution in [0.1, 0.15) is 22.7 Å². The van der Waals surface area contributed by atoms with Crippen LogP contribution in [0.25, 0.3) is 0 Å². The van der Waals surface area contributed by atoms with Crippen LogP contribution >= 0.6 is 0 Å². The van der Waals surface area contributed by atoms with E-state index in [-0.39, 0.29) is 30.9 Å². The third kappa shape index (κ3) is 5.18. The molecule has 0 spiro atoms. The minimum absolute atomic E-state index is 0.160. The first-order valence-corrected chi connectivity index (χ1v) is 12.0. The molecule has 2 aliphatic heterocycles. The fourth-order valence-electron chi connectivity index (χ4n) is 4.76. The first-order valence-electron chi connectivity index (χ1n) is 12.0. The minimum Gasteiger partial charge on any atom is -0.383 e. The molecule has 36 heavy (non-hydrogen) atoms. The summed E-state index contributed by atoms with van der Waals surface area (Å²) in [5.74, 6) is -0.515. The quantitative estimate of drug-likeness (QED) is 0.398. The smallest absolute Gasteiger partial charge is 0.322 e. The van der Waals surface area contributed by atoms with Crippen LogP contribution in [0, 0.1) is 6.92 Å². The van der Waals surface area contributed by atoms with Crippen LogP contribution in [-0.4, -0.2) is 67.0 Å². The highest BCUT2D eigenvalue weighted by atomic mass is 16.5. The lowest BCUT2D eigenvalue weighted by molar-refractivity contribution is -0.136. The monoisotopic (exact) mass is 488 g/mol. The van der Waals surface area contributed by atoms with Crippen molar-refractivity contribution >= 4 is 17.8 Å². The third-order valence-electron chi connectivity index (χ3n) is 6.49. The first-order chi connectivity index (χ1) is 17.4. The lowest BCUT2D eigenvalue weighted by atomic mass is 9.94. The normalized spacial score (nSPS) is 18.1. The van der Waals surface area contributed by atoms with Gasteiger partial charge in [0.25, 0.3) is 5.91 Å². The van der Waals surface area contributed by atoms with Gasteiger partial charge in [-0.25, -0.2) is 4.79 Å². The number of aryl methyl sites for hydroxylation is 1. The molecule has 0 unspecified atom stereocenters. The Hall–Kier alpha value is -3.91. The van der Waals surface area contributed by atoms with E-state index in [4.69, 9.17) is 4.74 Å². The van der Waals surface area contributed by atoms with Gasteiger partial charge in [0.05, 0.1) is 30.5 Å². The number of hydrogen-bond donors (Lipinski definition) is 2. The van der Waals surface area contributed by atoms with Gasteiger partial charge in [0, 0.05) is 26.6 Å². The van der Waals surface area contributed by atoms with Gasteiger partial charge in [-0.05, 0) is 18.1 Å². The van der Waals surface area contributed by atoms with Gasteiger partial charge in [0.15, 0.2) is 0 Å². The molecule has 8 heteroatoms. The molecule has 4 rings (SSSR count). The third-order valence-corrected chi connectivity index (χ3v) is 6.49. The van der Waals surface area contributed by atoms with E-state index in [0.29, 0.717) is 30.8 Å². The largest absolute Gasteiger partial charge is 0.383 e.